The molecule has 2 rings (SSSR count). The van der Waals surface area contributed by atoms with Crippen molar-refractivity contribution < 1.29 is 9.66 Å². The molecule has 2 aromatic rings. The van der Waals surface area contributed by atoms with E-state index in [2.05, 4.69) is 0 Å². The molecule has 0 aliphatic heterocycles. The molecule has 0 aliphatic carbocycles. The van der Waals surface area contributed by atoms with Crippen LogP contribution < -0.4 is 4.74 Å². The van der Waals surface area contributed by atoms with Crippen molar-refractivity contribution >= 4 is 17.3 Å². The second-order valence-corrected chi connectivity index (χ2v) is 4.49. The Labute approximate surface area is 120 Å². The summed E-state index contributed by atoms with van der Waals surface area (Å²) in [6, 6.07) is 11.0. The van der Waals surface area contributed by atoms with E-state index in [1.165, 1.54) is 12.1 Å². The lowest BCUT2D eigenvalue weighted by molar-refractivity contribution is -0.385. The van der Waals surface area contributed by atoms with Crippen LogP contribution in [0.2, 0.25) is 5.02 Å². The van der Waals surface area contributed by atoms with Crippen molar-refractivity contribution in [2.45, 2.75) is 6.92 Å². The Morgan fingerprint density at radius 3 is 2.55 bits per heavy atom. The fourth-order valence-electron chi connectivity index (χ4n) is 1.62. The molecular weight excluding hydrogens is 280 g/mol. The molecule has 0 bridgehead atoms. The number of hydrogen-bond donors (Lipinski definition) is 0. The fourth-order valence-corrected chi connectivity index (χ4v) is 1.90. The van der Waals surface area contributed by atoms with Crippen LogP contribution in [0.5, 0.6) is 11.5 Å². The normalized spacial score (nSPS) is 9.85. The van der Waals surface area contributed by atoms with Crippen LogP contribution in [0, 0.1) is 28.4 Å². The van der Waals surface area contributed by atoms with Crippen molar-refractivity contribution in [3.05, 3.63) is 62.7 Å². The van der Waals surface area contributed by atoms with Crippen LogP contribution in [0.4, 0.5) is 5.69 Å². The lowest BCUT2D eigenvalue weighted by atomic mass is 10.2. The molecule has 0 amide bonds. The molecule has 0 saturated heterocycles. The maximum absolute atomic E-state index is 11.0. The molecule has 0 saturated carbocycles. The molecule has 5 nitrogen and oxygen atoms in total. The van der Waals surface area contributed by atoms with E-state index in [4.69, 9.17) is 21.6 Å². The second-order valence-electron chi connectivity index (χ2n) is 4.09. The van der Waals surface area contributed by atoms with Crippen molar-refractivity contribution in [3.63, 3.8) is 0 Å². The van der Waals surface area contributed by atoms with E-state index in [1.54, 1.807) is 18.2 Å². The summed E-state index contributed by atoms with van der Waals surface area (Å²) >= 11 is 6.02. The minimum Gasteiger partial charge on any atom is -0.449 e. The zero-order chi connectivity index (χ0) is 14.7. The molecule has 0 heterocycles. The van der Waals surface area contributed by atoms with Gasteiger partial charge in [0.25, 0.3) is 0 Å². The van der Waals surface area contributed by atoms with Crippen molar-refractivity contribution in [3.8, 4) is 17.6 Å². The number of nitro groups is 1. The quantitative estimate of drug-likeness (QED) is 0.626. The van der Waals surface area contributed by atoms with Crippen LogP contribution in [-0.4, -0.2) is 4.92 Å². The number of ether oxygens (including phenoxy) is 1. The van der Waals surface area contributed by atoms with E-state index in [1.807, 2.05) is 13.0 Å². The Bertz CT molecular complexity index is 723. The van der Waals surface area contributed by atoms with Gasteiger partial charge in [-0.25, -0.2) is 0 Å². The van der Waals surface area contributed by atoms with Gasteiger partial charge in [0.15, 0.2) is 0 Å². The van der Waals surface area contributed by atoms with Crippen molar-refractivity contribution in [1.29, 1.82) is 5.26 Å². The molecule has 0 N–H and O–H groups in total. The van der Waals surface area contributed by atoms with Crippen LogP contribution in [0.25, 0.3) is 0 Å². The Hall–Kier alpha value is -2.58. The summed E-state index contributed by atoms with van der Waals surface area (Å²) in [6.45, 7) is 1.87. The summed E-state index contributed by atoms with van der Waals surface area (Å²) in [5.41, 5.74) is 0.872. The first-order valence-electron chi connectivity index (χ1n) is 5.64. The zero-order valence-electron chi connectivity index (χ0n) is 10.5. The number of halogens is 1. The topological polar surface area (TPSA) is 76.2 Å². The van der Waals surface area contributed by atoms with Crippen LogP contribution >= 0.6 is 11.6 Å². The summed E-state index contributed by atoms with van der Waals surface area (Å²) in [4.78, 5) is 10.4. The lowest BCUT2D eigenvalue weighted by Crippen LogP contribution is -1.95. The number of hydrogen-bond acceptors (Lipinski definition) is 4. The Morgan fingerprint density at radius 1 is 1.25 bits per heavy atom. The number of nitriles is 1. The number of aryl methyl sites for hydroxylation is 1. The monoisotopic (exact) mass is 288 g/mol. The molecule has 0 aromatic heterocycles. The highest BCUT2D eigenvalue weighted by atomic mass is 35.5. The second kappa shape index (κ2) is 5.59. The van der Waals surface area contributed by atoms with Gasteiger partial charge in [-0.1, -0.05) is 17.7 Å². The first kappa shape index (κ1) is 13.8. The van der Waals surface area contributed by atoms with Gasteiger partial charge in [-0.15, -0.1) is 0 Å². The third-order valence-electron chi connectivity index (χ3n) is 2.59. The van der Waals surface area contributed by atoms with Gasteiger partial charge in [0.2, 0.25) is 5.75 Å². The van der Waals surface area contributed by atoms with E-state index in [0.29, 0.717) is 10.8 Å². The SMILES string of the molecule is Cc1ccc(Oc2ccc(C#N)cc2[N+](=O)[O-])c(Cl)c1. The lowest BCUT2D eigenvalue weighted by Gasteiger charge is -2.08. The van der Waals surface area contributed by atoms with E-state index in [-0.39, 0.29) is 17.0 Å². The Morgan fingerprint density at radius 2 is 1.95 bits per heavy atom. The standard InChI is InChI=1S/C14H9ClN2O3/c1-9-2-4-13(11(15)6-9)20-14-5-3-10(8-16)7-12(14)17(18)19/h2-7H,1H3. The predicted octanol–water partition coefficient (Wildman–Crippen LogP) is 4.22. The van der Waals surface area contributed by atoms with Gasteiger partial charge >= 0.3 is 5.69 Å². The summed E-state index contributed by atoms with van der Waals surface area (Å²) in [7, 11) is 0. The molecule has 2 aromatic carbocycles. The maximum atomic E-state index is 11.0. The third kappa shape index (κ3) is 2.87. The highest BCUT2D eigenvalue weighted by Crippen LogP contribution is 2.35. The van der Waals surface area contributed by atoms with E-state index in [0.717, 1.165) is 11.6 Å². The largest absolute Gasteiger partial charge is 0.449 e. The van der Waals surface area contributed by atoms with Gasteiger partial charge in [-0.2, -0.15) is 5.26 Å². The minimum atomic E-state index is -0.599. The highest BCUT2D eigenvalue weighted by molar-refractivity contribution is 6.32. The summed E-state index contributed by atoms with van der Waals surface area (Å²) in [5.74, 6) is 0.366. The predicted molar refractivity (Wildman–Crippen MR) is 74.1 cm³/mol. The van der Waals surface area contributed by atoms with E-state index >= 15 is 0 Å². The van der Waals surface area contributed by atoms with E-state index in [9.17, 15) is 10.1 Å². The smallest absolute Gasteiger partial charge is 0.312 e. The van der Waals surface area contributed by atoms with Gasteiger partial charge in [-0.3, -0.25) is 10.1 Å². The van der Waals surface area contributed by atoms with Crippen LogP contribution in [0.1, 0.15) is 11.1 Å². The van der Waals surface area contributed by atoms with Crippen molar-refractivity contribution in [1.82, 2.24) is 0 Å². The molecular formula is C14H9ClN2O3. The first-order chi connectivity index (χ1) is 9.51. The third-order valence-corrected chi connectivity index (χ3v) is 2.89. The maximum Gasteiger partial charge on any atom is 0.312 e. The molecule has 0 aliphatic rings. The van der Waals surface area contributed by atoms with Gasteiger partial charge in [0.1, 0.15) is 5.75 Å². The summed E-state index contributed by atoms with van der Waals surface area (Å²) in [6.07, 6.45) is 0. The van der Waals surface area contributed by atoms with Crippen molar-refractivity contribution in [2.75, 3.05) is 0 Å². The minimum absolute atomic E-state index is 0.0414. The molecule has 0 radical (unpaired) electrons. The van der Waals surface area contributed by atoms with Gasteiger partial charge in [0, 0.05) is 6.07 Å². The molecule has 20 heavy (non-hydrogen) atoms. The number of rotatable bonds is 3. The molecule has 0 atom stereocenters. The molecule has 0 spiro atoms. The molecule has 6 heteroatoms. The molecule has 0 fully saturated rings. The van der Waals surface area contributed by atoms with Gasteiger partial charge in [-0.05, 0) is 36.8 Å². The van der Waals surface area contributed by atoms with Gasteiger partial charge < -0.3 is 4.74 Å². The Balaban J connectivity index is 2.43. The average Bonchev–Trinajstić information content (AvgIpc) is 2.42. The fraction of sp³-hybridized carbons (Fsp3) is 0.0714. The number of nitro benzene ring substituents is 1. The van der Waals surface area contributed by atoms with Crippen LogP contribution in [0.3, 0.4) is 0 Å². The van der Waals surface area contributed by atoms with Crippen LogP contribution in [0.15, 0.2) is 36.4 Å². The highest BCUT2D eigenvalue weighted by Gasteiger charge is 2.17. The van der Waals surface area contributed by atoms with Crippen molar-refractivity contribution in [2.24, 2.45) is 0 Å². The summed E-state index contributed by atoms with van der Waals surface area (Å²) in [5, 5.41) is 20.1. The number of nitrogens with zero attached hydrogens (tertiary/aromatic N) is 2. The first-order valence-corrected chi connectivity index (χ1v) is 6.01. The zero-order valence-corrected chi connectivity index (χ0v) is 11.2. The summed E-state index contributed by atoms with van der Waals surface area (Å²) < 4.78 is 5.47. The van der Waals surface area contributed by atoms with Gasteiger partial charge in [0.05, 0.1) is 21.6 Å². The molecule has 100 valence electrons. The molecule has 0 unspecified atom stereocenters. The number of benzene rings is 2. The average molecular weight is 289 g/mol. The van der Waals surface area contributed by atoms with E-state index < -0.39 is 4.92 Å². The Kier molecular flexibility index (Phi) is 3.87. The van der Waals surface area contributed by atoms with Crippen LogP contribution in [-0.2, 0) is 0 Å².